The number of nitrogens with zero attached hydrogens (tertiary/aromatic N) is 2. The van der Waals surface area contributed by atoms with Gasteiger partial charge in [0, 0.05) is 11.4 Å². The topological polar surface area (TPSA) is 54.9 Å². The van der Waals surface area contributed by atoms with Gasteiger partial charge in [-0.2, -0.15) is 0 Å². The Morgan fingerprint density at radius 1 is 1.56 bits per heavy atom. The van der Waals surface area contributed by atoms with Crippen molar-refractivity contribution in [2.45, 2.75) is 39.2 Å². The Morgan fingerprint density at radius 2 is 2.25 bits per heavy atom. The summed E-state index contributed by atoms with van der Waals surface area (Å²) in [6, 6.07) is 0.162. The van der Waals surface area contributed by atoms with Crippen molar-refractivity contribution in [1.82, 2.24) is 14.9 Å². The van der Waals surface area contributed by atoms with E-state index in [9.17, 15) is 4.79 Å². The van der Waals surface area contributed by atoms with Crippen LogP contribution in [0.15, 0.2) is 0 Å². The number of aromatic nitrogens is 2. The quantitative estimate of drug-likeness (QED) is 0.851. The molecule has 0 spiro atoms. The molecule has 0 radical (unpaired) electrons. The molecule has 1 atom stereocenters. The number of nitrogens with one attached hydrogen (secondary N) is 1. The molecule has 1 amide bonds. The summed E-state index contributed by atoms with van der Waals surface area (Å²) in [7, 11) is 0. The lowest BCUT2D eigenvalue weighted by Crippen LogP contribution is -2.35. The molecule has 0 saturated carbocycles. The molecule has 1 rings (SSSR count). The number of carbonyl (C=O) groups is 1. The van der Waals surface area contributed by atoms with E-state index in [0.717, 1.165) is 29.0 Å². The summed E-state index contributed by atoms with van der Waals surface area (Å²) in [5.41, 5.74) is 0.784. The fourth-order valence-corrected chi connectivity index (χ4v) is 2.58. The van der Waals surface area contributed by atoms with Gasteiger partial charge >= 0.3 is 0 Å². The predicted octanol–water partition coefficient (Wildman–Crippen LogP) is 2.56. The first kappa shape index (κ1) is 13.6. The van der Waals surface area contributed by atoms with Gasteiger partial charge in [0.1, 0.15) is 4.88 Å². The fourth-order valence-electron chi connectivity index (χ4n) is 1.23. The number of amides is 1. The van der Waals surface area contributed by atoms with E-state index < -0.39 is 0 Å². The number of carbonyl (C=O) groups excluding carboxylic acids is 1. The monoisotopic (exact) mass is 305 g/mol. The highest BCUT2D eigenvalue weighted by Gasteiger charge is 2.20. The van der Waals surface area contributed by atoms with Gasteiger partial charge in [0.25, 0.3) is 5.91 Å². The standard InChI is InChI=1S/C10H16BrN3OS/c1-4-7(5-11)12-10(15)9-8(6(2)3)13-14-16-9/h6-7H,4-5H2,1-3H3,(H,12,15). The van der Waals surface area contributed by atoms with Crippen LogP contribution < -0.4 is 5.32 Å². The van der Waals surface area contributed by atoms with Gasteiger partial charge in [0.05, 0.1) is 5.69 Å². The first-order chi connectivity index (χ1) is 7.60. The molecule has 4 nitrogen and oxygen atoms in total. The SMILES string of the molecule is CCC(CBr)NC(=O)c1snnc1C(C)C. The Labute approximate surface area is 108 Å². The van der Waals surface area contributed by atoms with Gasteiger partial charge < -0.3 is 5.32 Å². The molecular weight excluding hydrogens is 290 g/mol. The minimum Gasteiger partial charge on any atom is -0.348 e. The summed E-state index contributed by atoms with van der Waals surface area (Å²) in [4.78, 5) is 12.6. The van der Waals surface area contributed by atoms with E-state index in [1.807, 2.05) is 20.8 Å². The molecule has 0 aromatic carbocycles. The zero-order valence-electron chi connectivity index (χ0n) is 9.66. The Hall–Kier alpha value is -0.490. The molecule has 0 bridgehead atoms. The Balaban J connectivity index is 2.76. The molecule has 1 unspecified atom stereocenters. The molecule has 0 aliphatic heterocycles. The molecule has 1 aromatic heterocycles. The Bertz CT molecular complexity index is 350. The van der Waals surface area contributed by atoms with Crippen molar-refractivity contribution in [3.05, 3.63) is 10.6 Å². The third-order valence-electron chi connectivity index (χ3n) is 2.28. The molecule has 0 fully saturated rings. The van der Waals surface area contributed by atoms with Crippen molar-refractivity contribution in [1.29, 1.82) is 0 Å². The van der Waals surface area contributed by atoms with Crippen LogP contribution in [0, 0.1) is 0 Å². The van der Waals surface area contributed by atoms with Crippen LogP contribution in [0.1, 0.15) is 48.5 Å². The van der Waals surface area contributed by atoms with Crippen molar-refractivity contribution in [2.24, 2.45) is 0 Å². The van der Waals surface area contributed by atoms with E-state index in [2.05, 4.69) is 30.8 Å². The molecule has 0 aliphatic rings. The van der Waals surface area contributed by atoms with Gasteiger partial charge in [0.2, 0.25) is 0 Å². The largest absolute Gasteiger partial charge is 0.348 e. The van der Waals surface area contributed by atoms with E-state index in [4.69, 9.17) is 0 Å². The van der Waals surface area contributed by atoms with Crippen LogP contribution in [0.5, 0.6) is 0 Å². The third-order valence-corrected chi connectivity index (χ3v) is 3.80. The van der Waals surface area contributed by atoms with Gasteiger partial charge in [-0.3, -0.25) is 4.79 Å². The summed E-state index contributed by atoms with van der Waals surface area (Å²) in [5, 5.41) is 7.71. The van der Waals surface area contributed by atoms with Crippen LogP contribution in [-0.4, -0.2) is 26.9 Å². The second-order valence-electron chi connectivity index (χ2n) is 3.87. The van der Waals surface area contributed by atoms with Crippen molar-refractivity contribution in [3.8, 4) is 0 Å². The lowest BCUT2D eigenvalue weighted by atomic mass is 10.1. The Kier molecular flexibility index (Phi) is 5.34. The number of rotatable bonds is 5. The number of alkyl halides is 1. The highest BCUT2D eigenvalue weighted by atomic mass is 79.9. The van der Waals surface area contributed by atoms with E-state index in [1.54, 1.807) is 0 Å². The van der Waals surface area contributed by atoms with Gasteiger partial charge in [-0.1, -0.05) is 41.2 Å². The van der Waals surface area contributed by atoms with Gasteiger partial charge in [-0.05, 0) is 23.9 Å². The first-order valence-corrected chi connectivity index (χ1v) is 7.18. The zero-order chi connectivity index (χ0) is 12.1. The van der Waals surface area contributed by atoms with E-state index in [-0.39, 0.29) is 17.9 Å². The summed E-state index contributed by atoms with van der Waals surface area (Å²) < 4.78 is 3.84. The first-order valence-electron chi connectivity index (χ1n) is 5.29. The molecule has 0 saturated heterocycles. The number of hydrogen-bond donors (Lipinski definition) is 1. The number of hydrogen-bond acceptors (Lipinski definition) is 4. The molecule has 16 heavy (non-hydrogen) atoms. The molecule has 90 valence electrons. The van der Waals surface area contributed by atoms with E-state index >= 15 is 0 Å². The van der Waals surface area contributed by atoms with Crippen LogP contribution in [0.2, 0.25) is 0 Å². The highest BCUT2D eigenvalue weighted by molar-refractivity contribution is 9.09. The highest BCUT2D eigenvalue weighted by Crippen LogP contribution is 2.19. The molecule has 1 heterocycles. The summed E-state index contributed by atoms with van der Waals surface area (Å²) >= 11 is 4.53. The second kappa shape index (κ2) is 6.30. The minimum atomic E-state index is -0.0648. The van der Waals surface area contributed by atoms with Crippen molar-refractivity contribution in [3.63, 3.8) is 0 Å². The van der Waals surface area contributed by atoms with Crippen molar-refractivity contribution in [2.75, 3.05) is 5.33 Å². The maximum atomic E-state index is 12.0. The fraction of sp³-hybridized carbons (Fsp3) is 0.700. The summed E-state index contributed by atoms with van der Waals surface area (Å²) in [6.45, 7) is 6.06. The van der Waals surface area contributed by atoms with Crippen LogP contribution in [-0.2, 0) is 0 Å². The second-order valence-corrected chi connectivity index (χ2v) is 5.28. The molecule has 1 N–H and O–H groups in total. The Morgan fingerprint density at radius 3 is 2.75 bits per heavy atom. The molecular formula is C10H16BrN3OS. The summed E-state index contributed by atoms with van der Waals surface area (Å²) in [6.07, 6.45) is 0.903. The van der Waals surface area contributed by atoms with Crippen LogP contribution in [0.4, 0.5) is 0 Å². The average Bonchev–Trinajstić information content (AvgIpc) is 2.74. The number of halogens is 1. The van der Waals surface area contributed by atoms with E-state index in [1.165, 1.54) is 0 Å². The summed E-state index contributed by atoms with van der Waals surface area (Å²) in [5.74, 6) is 0.161. The van der Waals surface area contributed by atoms with Gasteiger partial charge in [0.15, 0.2) is 0 Å². The van der Waals surface area contributed by atoms with Gasteiger partial charge in [-0.15, -0.1) is 5.10 Å². The lowest BCUT2D eigenvalue weighted by Gasteiger charge is -2.13. The van der Waals surface area contributed by atoms with Crippen LogP contribution in [0.3, 0.4) is 0 Å². The maximum absolute atomic E-state index is 12.0. The smallest absolute Gasteiger partial charge is 0.265 e. The van der Waals surface area contributed by atoms with E-state index in [0.29, 0.717) is 4.88 Å². The normalized spacial score (nSPS) is 12.8. The maximum Gasteiger partial charge on any atom is 0.265 e. The zero-order valence-corrected chi connectivity index (χ0v) is 12.1. The predicted molar refractivity (Wildman–Crippen MR) is 69.3 cm³/mol. The third kappa shape index (κ3) is 3.25. The van der Waals surface area contributed by atoms with Gasteiger partial charge in [-0.25, -0.2) is 0 Å². The molecule has 1 aromatic rings. The average molecular weight is 306 g/mol. The van der Waals surface area contributed by atoms with Crippen LogP contribution >= 0.6 is 27.5 Å². The van der Waals surface area contributed by atoms with Crippen LogP contribution in [0.25, 0.3) is 0 Å². The van der Waals surface area contributed by atoms with Crippen molar-refractivity contribution >= 4 is 33.4 Å². The lowest BCUT2D eigenvalue weighted by molar-refractivity contribution is 0.0943. The van der Waals surface area contributed by atoms with Crippen molar-refractivity contribution < 1.29 is 4.79 Å². The molecule has 6 heteroatoms. The minimum absolute atomic E-state index is 0.0648. The molecule has 0 aliphatic carbocycles.